The number of rotatable bonds is 13. The molecule has 0 aliphatic carbocycles. The number of ketones is 1. The lowest BCUT2D eigenvalue weighted by atomic mass is 9.95. The van der Waals surface area contributed by atoms with Gasteiger partial charge in [0.2, 0.25) is 0 Å². The van der Waals surface area contributed by atoms with Gasteiger partial charge < -0.3 is 24.1 Å². The van der Waals surface area contributed by atoms with E-state index < -0.39 is 29.5 Å². The van der Waals surface area contributed by atoms with E-state index in [0.717, 1.165) is 28.0 Å². The number of methoxy groups -OCH3 is 1. The molecule has 1 saturated heterocycles. The summed E-state index contributed by atoms with van der Waals surface area (Å²) in [7, 11) is 1.49. The van der Waals surface area contributed by atoms with Crippen LogP contribution < -0.4 is 19.1 Å². The van der Waals surface area contributed by atoms with Crippen LogP contribution in [0.4, 0.5) is 5.13 Å². The van der Waals surface area contributed by atoms with Crippen LogP contribution in [0.2, 0.25) is 0 Å². The quantitative estimate of drug-likeness (QED) is 0.0426. The van der Waals surface area contributed by atoms with Gasteiger partial charge in [0.25, 0.3) is 5.78 Å². The van der Waals surface area contributed by atoms with Gasteiger partial charge in [0.1, 0.15) is 36.2 Å². The molecule has 6 rings (SSSR count). The monoisotopic (exact) mass is 716 g/mol. The second-order valence-electron chi connectivity index (χ2n) is 11.9. The van der Waals surface area contributed by atoms with Gasteiger partial charge in [0, 0.05) is 5.56 Å². The first-order chi connectivity index (χ1) is 25.2. The van der Waals surface area contributed by atoms with Crippen molar-refractivity contribution in [1.82, 2.24) is 4.98 Å². The number of hydrogen-bond donors (Lipinski definition) is 1. The summed E-state index contributed by atoms with van der Waals surface area (Å²) < 4.78 is 22.9. The van der Waals surface area contributed by atoms with Crippen molar-refractivity contribution in [1.29, 1.82) is 0 Å². The molecule has 1 aromatic heterocycles. The van der Waals surface area contributed by atoms with Crippen molar-refractivity contribution < 1.29 is 38.4 Å². The number of benzene rings is 4. The standard InChI is InChI=1S/C41H36N2O8S/c1-5-21-49-40(47)38-26(3)42-41(52-38)43-35(29-17-20-32(33(22-29)48-4)51-23-27-12-7-6-8-13-27)34(37(45)39(43)46)36(44)28-15-18-31(19-16-28)50-24-30-14-10-9-11-25(30)2/h5-20,22,35,44H,1,21,23-24H2,2-4H3/b36-34+. The summed E-state index contributed by atoms with van der Waals surface area (Å²) in [4.78, 5) is 46.4. The van der Waals surface area contributed by atoms with Crippen LogP contribution in [0.15, 0.2) is 115 Å². The fourth-order valence-electron chi connectivity index (χ4n) is 5.73. The highest BCUT2D eigenvalue weighted by Crippen LogP contribution is 2.45. The molecule has 52 heavy (non-hydrogen) atoms. The fourth-order valence-corrected chi connectivity index (χ4v) is 6.71. The smallest absolute Gasteiger partial charge is 0.350 e. The average Bonchev–Trinajstić information content (AvgIpc) is 3.68. The Morgan fingerprint density at radius 2 is 1.65 bits per heavy atom. The summed E-state index contributed by atoms with van der Waals surface area (Å²) in [6, 6.07) is 28.0. The zero-order valence-corrected chi connectivity index (χ0v) is 29.6. The second-order valence-corrected chi connectivity index (χ2v) is 12.9. The van der Waals surface area contributed by atoms with Crippen LogP contribution >= 0.6 is 11.3 Å². The van der Waals surface area contributed by atoms with E-state index in [1.165, 1.54) is 18.1 Å². The molecule has 5 aromatic rings. The molecule has 10 nitrogen and oxygen atoms in total. The van der Waals surface area contributed by atoms with Crippen LogP contribution in [0, 0.1) is 13.8 Å². The van der Waals surface area contributed by atoms with Crippen molar-refractivity contribution in [3.63, 3.8) is 0 Å². The van der Waals surface area contributed by atoms with Crippen LogP contribution in [-0.2, 0) is 27.5 Å². The molecule has 4 aromatic carbocycles. The molecule has 1 fully saturated rings. The molecule has 1 unspecified atom stereocenters. The molecule has 2 heterocycles. The van der Waals surface area contributed by atoms with Gasteiger partial charge in [-0.3, -0.25) is 14.5 Å². The van der Waals surface area contributed by atoms with Crippen LogP contribution in [-0.4, -0.2) is 41.5 Å². The molecule has 1 atom stereocenters. The highest BCUT2D eigenvalue weighted by molar-refractivity contribution is 7.17. The van der Waals surface area contributed by atoms with Crippen molar-refractivity contribution >= 4 is 39.9 Å². The summed E-state index contributed by atoms with van der Waals surface area (Å²) in [5, 5.41) is 11.8. The Balaban J connectivity index is 1.39. The van der Waals surface area contributed by atoms with E-state index in [2.05, 4.69) is 11.6 Å². The number of anilines is 1. The topological polar surface area (TPSA) is 124 Å². The lowest BCUT2D eigenvalue weighted by Crippen LogP contribution is -2.29. The van der Waals surface area contributed by atoms with Gasteiger partial charge in [-0.25, -0.2) is 9.78 Å². The molecule has 0 bridgehead atoms. The van der Waals surface area contributed by atoms with Crippen molar-refractivity contribution in [2.75, 3.05) is 18.6 Å². The molecule has 264 valence electrons. The molecular weight excluding hydrogens is 681 g/mol. The third-order valence-electron chi connectivity index (χ3n) is 8.48. The van der Waals surface area contributed by atoms with Gasteiger partial charge in [-0.2, -0.15) is 0 Å². The molecule has 0 radical (unpaired) electrons. The van der Waals surface area contributed by atoms with E-state index in [0.29, 0.717) is 40.7 Å². The van der Waals surface area contributed by atoms with Crippen molar-refractivity contribution in [2.24, 2.45) is 0 Å². The van der Waals surface area contributed by atoms with Crippen molar-refractivity contribution in [3.05, 3.63) is 154 Å². The highest BCUT2D eigenvalue weighted by atomic mass is 32.1. The Morgan fingerprint density at radius 3 is 2.37 bits per heavy atom. The number of thiazole rings is 1. The molecule has 1 amide bonds. The Hall–Kier alpha value is -6.20. The minimum atomic E-state index is -1.14. The normalized spacial score (nSPS) is 15.0. The van der Waals surface area contributed by atoms with Gasteiger partial charge in [0.05, 0.1) is 24.4 Å². The average molecular weight is 717 g/mol. The Kier molecular flexibility index (Phi) is 10.8. The summed E-state index contributed by atoms with van der Waals surface area (Å²) in [6.45, 7) is 7.82. The molecule has 1 aliphatic rings. The number of hydrogen-bond acceptors (Lipinski definition) is 10. The summed E-state index contributed by atoms with van der Waals surface area (Å²) in [6.07, 6.45) is 1.44. The van der Waals surface area contributed by atoms with E-state index in [-0.39, 0.29) is 28.8 Å². The maximum atomic E-state index is 13.9. The van der Waals surface area contributed by atoms with Gasteiger partial charge >= 0.3 is 11.9 Å². The first-order valence-corrected chi connectivity index (χ1v) is 17.2. The molecule has 1 aliphatic heterocycles. The SMILES string of the molecule is C=CCOC(=O)c1sc(N2C(=O)C(=O)/C(=C(/O)c3ccc(OCc4ccccc4C)cc3)C2c2ccc(OCc3ccccc3)c(OC)c2)nc1C. The van der Waals surface area contributed by atoms with Gasteiger partial charge in [-0.1, -0.05) is 84.7 Å². The van der Waals surface area contributed by atoms with Crippen molar-refractivity contribution in [2.45, 2.75) is 33.1 Å². The predicted octanol–water partition coefficient (Wildman–Crippen LogP) is 7.90. The number of amides is 1. The summed E-state index contributed by atoms with van der Waals surface area (Å²) in [5.41, 5.74) is 3.98. The zero-order valence-electron chi connectivity index (χ0n) is 28.8. The van der Waals surface area contributed by atoms with Gasteiger partial charge in [0.15, 0.2) is 16.6 Å². The van der Waals surface area contributed by atoms with Gasteiger partial charge in [-0.05, 0) is 72.5 Å². The number of aryl methyl sites for hydroxylation is 2. The fraction of sp³-hybridized carbons (Fsp3) is 0.171. The highest BCUT2D eigenvalue weighted by Gasteiger charge is 2.48. The molecule has 0 spiro atoms. The first-order valence-electron chi connectivity index (χ1n) is 16.4. The third-order valence-corrected chi connectivity index (χ3v) is 9.61. The lowest BCUT2D eigenvalue weighted by molar-refractivity contribution is -0.132. The van der Waals surface area contributed by atoms with E-state index in [4.69, 9.17) is 18.9 Å². The number of ether oxygens (including phenoxy) is 4. The number of aromatic nitrogens is 1. The van der Waals surface area contributed by atoms with Crippen LogP contribution in [0.5, 0.6) is 17.2 Å². The summed E-state index contributed by atoms with van der Waals surface area (Å²) in [5.74, 6) is -1.54. The van der Waals surface area contributed by atoms with Gasteiger partial charge in [-0.15, -0.1) is 0 Å². The summed E-state index contributed by atoms with van der Waals surface area (Å²) >= 11 is 0.911. The number of nitrogens with zero attached hydrogens (tertiary/aromatic N) is 2. The number of carbonyl (C=O) groups excluding carboxylic acids is 3. The third kappa shape index (κ3) is 7.45. The Morgan fingerprint density at radius 1 is 0.923 bits per heavy atom. The minimum Gasteiger partial charge on any atom is -0.507 e. The van der Waals surface area contributed by atoms with E-state index in [9.17, 15) is 19.5 Å². The lowest BCUT2D eigenvalue weighted by Gasteiger charge is -2.24. The number of aliphatic hydroxyl groups excluding tert-OH is 1. The largest absolute Gasteiger partial charge is 0.507 e. The first kappa shape index (κ1) is 35.6. The number of esters is 1. The van der Waals surface area contributed by atoms with E-state index in [1.54, 1.807) is 49.4 Å². The van der Waals surface area contributed by atoms with E-state index >= 15 is 0 Å². The Labute approximate surface area is 305 Å². The number of Topliss-reactive ketones (excluding diaryl/α,β-unsaturated/α-hetero) is 1. The predicted molar refractivity (Wildman–Crippen MR) is 198 cm³/mol. The van der Waals surface area contributed by atoms with Crippen LogP contribution in [0.1, 0.15) is 49.2 Å². The number of aliphatic hydroxyl groups is 1. The maximum absolute atomic E-state index is 13.9. The zero-order chi connectivity index (χ0) is 36.8. The number of carbonyl (C=O) groups is 3. The second kappa shape index (κ2) is 15.8. The molecule has 1 N–H and O–H groups in total. The van der Waals surface area contributed by atoms with Crippen LogP contribution in [0.3, 0.4) is 0 Å². The Bertz CT molecular complexity index is 2160. The molecule has 11 heteroatoms. The van der Waals surface area contributed by atoms with Crippen LogP contribution in [0.25, 0.3) is 5.76 Å². The minimum absolute atomic E-state index is 0.00969. The molecular formula is C41H36N2O8S. The maximum Gasteiger partial charge on any atom is 0.350 e. The molecule has 0 saturated carbocycles. The van der Waals surface area contributed by atoms with E-state index in [1.807, 2.05) is 61.5 Å². The van der Waals surface area contributed by atoms with Crippen molar-refractivity contribution in [3.8, 4) is 17.2 Å².